The van der Waals surface area contributed by atoms with Crippen molar-refractivity contribution < 1.29 is 18.7 Å². The molecule has 0 saturated carbocycles. The van der Waals surface area contributed by atoms with E-state index < -0.39 is 11.4 Å². The summed E-state index contributed by atoms with van der Waals surface area (Å²) in [5.74, 6) is -0.614. The Hall–Kier alpha value is -1.70. The maximum Gasteiger partial charge on any atom is 0.255 e. The minimum Gasteiger partial charge on any atom is -0.368 e. The predicted molar refractivity (Wildman–Crippen MR) is 98.0 cm³/mol. The summed E-state index contributed by atoms with van der Waals surface area (Å²) in [5, 5.41) is 3.24. The van der Waals surface area contributed by atoms with E-state index in [1.165, 1.54) is 18.2 Å². The van der Waals surface area contributed by atoms with Crippen LogP contribution in [0.1, 0.15) is 23.2 Å². The first-order valence-electron chi connectivity index (χ1n) is 8.66. The number of ether oxygens (including phenoxy) is 1. The molecule has 0 bridgehead atoms. The molecule has 0 spiro atoms. The van der Waals surface area contributed by atoms with Gasteiger partial charge < -0.3 is 19.9 Å². The molecule has 8 heteroatoms. The minimum absolute atomic E-state index is 0. The number of carbonyl (C=O) groups excluding carboxylic acids is 2. The minimum atomic E-state index is -0.750. The highest BCUT2D eigenvalue weighted by molar-refractivity contribution is 5.94. The molecule has 2 saturated heterocycles. The fourth-order valence-electron chi connectivity index (χ4n) is 3.54. The zero-order valence-corrected chi connectivity index (χ0v) is 15.7. The average Bonchev–Trinajstić information content (AvgIpc) is 2.67. The monoisotopic (exact) mass is 385 g/mol. The Morgan fingerprint density at radius 1 is 1.12 bits per heavy atom. The molecular formula is C18H25ClFN3O3. The lowest BCUT2D eigenvalue weighted by Crippen LogP contribution is -2.59. The van der Waals surface area contributed by atoms with Gasteiger partial charge in [0.15, 0.2) is 0 Å². The van der Waals surface area contributed by atoms with E-state index >= 15 is 0 Å². The number of piperidine rings is 1. The van der Waals surface area contributed by atoms with Crippen molar-refractivity contribution >= 4 is 24.2 Å². The van der Waals surface area contributed by atoms with E-state index in [2.05, 4.69) is 5.32 Å². The summed E-state index contributed by atoms with van der Waals surface area (Å²) in [7, 11) is 1.59. The van der Waals surface area contributed by atoms with Crippen LogP contribution in [0.15, 0.2) is 24.3 Å². The van der Waals surface area contributed by atoms with E-state index in [0.717, 1.165) is 13.1 Å². The van der Waals surface area contributed by atoms with Gasteiger partial charge in [-0.3, -0.25) is 9.59 Å². The second kappa shape index (κ2) is 8.79. The van der Waals surface area contributed by atoms with Crippen LogP contribution >= 0.6 is 12.4 Å². The second-order valence-electron chi connectivity index (χ2n) is 6.54. The van der Waals surface area contributed by atoms with Crippen LogP contribution in [-0.4, -0.2) is 73.6 Å². The Balaban J connectivity index is 0.00000243. The number of amides is 2. The van der Waals surface area contributed by atoms with Crippen molar-refractivity contribution in [2.24, 2.45) is 0 Å². The van der Waals surface area contributed by atoms with Crippen molar-refractivity contribution in [3.05, 3.63) is 35.6 Å². The smallest absolute Gasteiger partial charge is 0.255 e. The fourth-order valence-corrected chi connectivity index (χ4v) is 3.54. The van der Waals surface area contributed by atoms with Gasteiger partial charge in [-0.15, -0.1) is 12.4 Å². The molecular weight excluding hydrogens is 361 g/mol. The first kappa shape index (κ1) is 20.6. The Labute approximate surface area is 159 Å². The zero-order valence-electron chi connectivity index (χ0n) is 14.9. The predicted octanol–water partition coefficient (Wildman–Crippen LogP) is 1.30. The third kappa shape index (κ3) is 4.16. The van der Waals surface area contributed by atoms with Crippen molar-refractivity contribution in [2.45, 2.75) is 18.4 Å². The summed E-state index contributed by atoms with van der Waals surface area (Å²) in [6.45, 7) is 3.35. The normalized spacial score (nSPS) is 19.6. The van der Waals surface area contributed by atoms with Gasteiger partial charge in [-0.2, -0.15) is 0 Å². The van der Waals surface area contributed by atoms with E-state index in [-0.39, 0.29) is 24.2 Å². The van der Waals surface area contributed by atoms with E-state index in [4.69, 9.17) is 4.74 Å². The molecule has 0 radical (unpaired) electrons. The van der Waals surface area contributed by atoms with Crippen LogP contribution in [0.2, 0.25) is 0 Å². The van der Waals surface area contributed by atoms with E-state index in [1.807, 2.05) is 0 Å². The number of carbonyl (C=O) groups is 2. The molecule has 2 aliphatic rings. The molecule has 0 unspecified atom stereocenters. The highest BCUT2D eigenvalue weighted by Gasteiger charge is 2.43. The number of hydrogen-bond donors (Lipinski definition) is 1. The maximum atomic E-state index is 13.3. The molecule has 6 nitrogen and oxygen atoms in total. The largest absolute Gasteiger partial charge is 0.368 e. The highest BCUT2D eigenvalue weighted by Crippen LogP contribution is 2.26. The Kier molecular flexibility index (Phi) is 6.97. The van der Waals surface area contributed by atoms with Crippen LogP contribution in [0.4, 0.5) is 4.39 Å². The van der Waals surface area contributed by atoms with Gasteiger partial charge in [-0.05, 0) is 44.1 Å². The van der Waals surface area contributed by atoms with Crippen molar-refractivity contribution in [3.63, 3.8) is 0 Å². The summed E-state index contributed by atoms with van der Waals surface area (Å²) >= 11 is 0. The molecule has 144 valence electrons. The molecule has 26 heavy (non-hydrogen) atoms. The van der Waals surface area contributed by atoms with Crippen LogP contribution in [0.3, 0.4) is 0 Å². The van der Waals surface area contributed by atoms with Crippen molar-refractivity contribution in [2.75, 3.05) is 46.4 Å². The van der Waals surface area contributed by atoms with Crippen LogP contribution in [0, 0.1) is 5.82 Å². The number of piperazine rings is 1. The number of rotatable bonds is 3. The lowest BCUT2D eigenvalue weighted by Gasteiger charge is -2.42. The molecule has 0 atom stereocenters. The number of halogens is 2. The summed E-state index contributed by atoms with van der Waals surface area (Å²) in [6.07, 6.45) is 1.32. The van der Waals surface area contributed by atoms with Gasteiger partial charge >= 0.3 is 0 Å². The lowest BCUT2D eigenvalue weighted by atomic mass is 9.90. The fraction of sp³-hybridized carbons (Fsp3) is 0.556. The number of methoxy groups -OCH3 is 1. The SMILES string of the molecule is COC1(C(=O)N2CCN(C(=O)c3cccc(F)c3)CC2)CCNCC1.Cl. The van der Waals surface area contributed by atoms with Gasteiger partial charge in [0.1, 0.15) is 11.4 Å². The standard InChI is InChI=1S/C18H24FN3O3.ClH/c1-25-18(5-7-20-8-6-18)17(24)22-11-9-21(10-12-22)16(23)14-3-2-4-15(19)13-14;/h2-4,13,20H,5-12H2,1H3;1H. The molecule has 1 aromatic rings. The Morgan fingerprint density at radius 3 is 2.31 bits per heavy atom. The summed E-state index contributed by atoms with van der Waals surface area (Å²) in [5.41, 5.74) is -0.411. The van der Waals surface area contributed by atoms with Crippen LogP contribution < -0.4 is 5.32 Å². The van der Waals surface area contributed by atoms with Crippen LogP contribution in [0.25, 0.3) is 0 Å². The van der Waals surface area contributed by atoms with Crippen molar-refractivity contribution in [1.29, 1.82) is 0 Å². The third-order valence-corrected chi connectivity index (χ3v) is 5.12. The molecule has 2 amide bonds. The van der Waals surface area contributed by atoms with Gasteiger partial charge in [0, 0.05) is 38.9 Å². The average molecular weight is 386 g/mol. The molecule has 1 aromatic carbocycles. The lowest BCUT2D eigenvalue weighted by molar-refractivity contribution is -0.159. The van der Waals surface area contributed by atoms with Crippen molar-refractivity contribution in [1.82, 2.24) is 15.1 Å². The molecule has 0 aliphatic carbocycles. The topological polar surface area (TPSA) is 61.9 Å². The first-order chi connectivity index (χ1) is 12.1. The summed E-state index contributed by atoms with van der Waals surface area (Å²) < 4.78 is 18.9. The van der Waals surface area contributed by atoms with E-state index in [9.17, 15) is 14.0 Å². The Bertz CT molecular complexity index is 644. The summed E-state index contributed by atoms with van der Waals surface area (Å²) in [6, 6.07) is 5.70. The van der Waals surface area contributed by atoms with Crippen LogP contribution in [-0.2, 0) is 9.53 Å². The molecule has 1 N–H and O–H groups in total. The third-order valence-electron chi connectivity index (χ3n) is 5.12. The van der Waals surface area contributed by atoms with Gasteiger partial charge in [0.25, 0.3) is 11.8 Å². The number of hydrogen-bond acceptors (Lipinski definition) is 4. The first-order valence-corrected chi connectivity index (χ1v) is 8.66. The number of nitrogens with one attached hydrogen (secondary N) is 1. The van der Waals surface area contributed by atoms with E-state index in [1.54, 1.807) is 23.0 Å². The maximum absolute atomic E-state index is 13.3. The zero-order chi connectivity index (χ0) is 17.9. The Morgan fingerprint density at radius 2 is 1.73 bits per heavy atom. The molecule has 3 rings (SSSR count). The van der Waals surface area contributed by atoms with Gasteiger partial charge in [0.05, 0.1) is 0 Å². The second-order valence-corrected chi connectivity index (χ2v) is 6.54. The summed E-state index contributed by atoms with van der Waals surface area (Å²) in [4.78, 5) is 28.8. The van der Waals surface area contributed by atoms with Gasteiger partial charge in [-0.25, -0.2) is 4.39 Å². The molecule has 2 fully saturated rings. The van der Waals surface area contributed by atoms with Gasteiger partial charge in [0.2, 0.25) is 0 Å². The highest BCUT2D eigenvalue weighted by atomic mass is 35.5. The quantitative estimate of drug-likeness (QED) is 0.852. The number of benzene rings is 1. The van der Waals surface area contributed by atoms with Crippen LogP contribution in [0.5, 0.6) is 0 Å². The number of nitrogens with zero attached hydrogens (tertiary/aromatic N) is 2. The molecule has 0 aromatic heterocycles. The van der Waals surface area contributed by atoms with Gasteiger partial charge in [-0.1, -0.05) is 6.07 Å². The molecule has 2 heterocycles. The molecule has 2 aliphatic heterocycles. The van der Waals surface area contributed by atoms with Crippen molar-refractivity contribution in [3.8, 4) is 0 Å². The van der Waals surface area contributed by atoms with E-state index in [0.29, 0.717) is 44.6 Å².